The number of carbonyl (C=O) groups is 3. The van der Waals surface area contributed by atoms with Crippen molar-refractivity contribution in [1.82, 2.24) is 4.72 Å². The molecule has 1 atom stereocenters. The number of hydrogen-bond acceptors (Lipinski definition) is 6. The minimum absolute atomic E-state index is 0.0106. The minimum Gasteiger partial charge on any atom is -0.481 e. The fraction of sp³-hybridized carbons (Fsp3) is 0.0870. The molecule has 10 heteroatoms. The van der Waals surface area contributed by atoms with Crippen molar-refractivity contribution in [2.24, 2.45) is 0 Å². The molecule has 9 nitrogen and oxygen atoms in total. The molecule has 0 unspecified atom stereocenters. The molecule has 0 saturated carbocycles. The van der Waals surface area contributed by atoms with Crippen molar-refractivity contribution in [2.75, 3.05) is 0 Å². The maximum absolute atomic E-state index is 12.7. The maximum atomic E-state index is 12.7. The van der Waals surface area contributed by atoms with Crippen molar-refractivity contribution < 1.29 is 37.8 Å². The first kappa shape index (κ1) is 23.6. The lowest BCUT2D eigenvalue weighted by Crippen LogP contribution is -2.37. The molecular formula is C23H19NO8S. The minimum atomic E-state index is -4.25. The largest absolute Gasteiger partial charge is 0.481 e. The van der Waals surface area contributed by atoms with Crippen LogP contribution in [0.1, 0.15) is 16.8 Å². The van der Waals surface area contributed by atoms with Gasteiger partial charge in [-0.1, -0.05) is 36.4 Å². The van der Waals surface area contributed by atoms with E-state index in [1.165, 1.54) is 30.3 Å². The van der Waals surface area contributed by atoms with E-state index in [4.69, 9.17) is 14.9 Å². The Morgan fingerprint density at radius 3 is 2.03 bits per heavy atom. The van der Waals surface area contributed by atoms with Crippen LogP contribution in [0.25, 0.3) is 11.1 Å². The number of rotatable bonds is 10. The third-order valence-corrected chi connectivity index (χ3v) is 6.08. The first-order valence-corrected chi connectivity index (χ1v) is 11.1. The maximum Gasteiger partial charge on any atom is 0.335 e. The second-order valence-electron chi connectivity index (χ2n) is 6.92. The van der Waals surface area contributed by atoms with E-state index in [2.05, 4.69) is 4.72 Å². The van der Waals surface area contributed by atoms with E-state index in [1.54, 1.807) is 42.5 Å². The van der Waals surface area contributed by atoms with Gasteiger partial charge in [0.2, 0.25) is 10.0 Å². The monoisotopic (exact) mass is 469 g/mol. The van der Waals surface area contributed by atoms with Gasteiger partial charge in [0.05, 0.1) is 18.0 Å². The van der Waals surface area contributed by atoms with Gasteiger partial charge in [0, 0.05) is 0 Å². The number of ether oxygens (including phenoxy) is 1. The molecule has 3 aromatic rings. The van der Waals surface area contributed by atoms with E-state index in [9.17, 15) is 22.8 Å². The molecule has 0 aromatic heterocycles. The van der Waals surface area contributed by atoms with Crippen LogP contribution in [0.4, 0.5) is 0 Å². The van der Waals surface area contributed by atoms with E-state index in [0.29, 0.717) is 5.75 Å². The number of aromatic carboxylic acids is 1. The van der Waals surface area contributed by atoms with E-state index in [1.807, 2.05) is 0 Å². The topological polar surface area (TPSA) is 147 Å². The molecule has 0 aliphatic heterocycles. The fourth-order valence-corrected chi connectivity index (χ4v) is 4.27. The molecule has 0 amide bonds. The zero-order valence-corrected chi connectivity index (χ0v) is 17.9. The van der Waals surface area contributed by atoms with Crippen LogP contribution in [-0.4, -0.2) is 42.9 Å². The molecule has 33 heavy (non-hydrogen) atoms. The van der Waals surface area contributed by atoms with Gasteiger partial charge in [-0.05, 0) is 47.5 Å². The Labute approximate surface area is 189 Å². The van der Waals surface area contributed by atoms with Crippen LogP contribution in [0.3, 0.4) is 0 Å². The van der Waals surface area contributed by atoms with Gasteiger partial charge in [-0.3, -0.25) is 4.79 Å². The highest BCUT2D eigenvalue weighted by atomic mass is 32.2. The highest BCUT2D eigenvalue weighted by Gasteiger charge is 2.25. The predicted octanol–water partition coefficient (Wildman–Crippen LogP) is 3.16. The summed E-state index contributed by atoms with van der Waals surface area (Å²) in [7, 11) is -4.25. The Balaban J connectivity index is 1.81. The average Bonchev–Trinajstić information content (AvgIpc) is 2.79. The van der Waals surface area contributed by atoms with Crippen molar-refractivity contribution in [3.05, 3.63) is 78.4 Å². The van der Waals surface area contributed by atoms with Gasteiger partial charge in [-0.2, -0.15) is 0 Å². The summed E-state index contributed by atoms with van der Waals surface area (Å²) in [5.74, 6) is -2.02. The molecule has 3 N–H and O–H groups in total. The summed E-state index contributed by atoms with van der Waals surface area (Å²) in [6.07, 6.45) is -0.475. The molecule has 0 bridgehead atoms. The summed E-state index contributed by atoms with van der Waals surface area (Å²) in [6.45, 7) is 0. The summed E-state index contributed by atoms with van der Waals surface area (Å²) >= 11 is 0. The zero-order chi connectivity index (χ0) is 24.0. The predicted molar refractivity (Wildman–Crippen MR) is 118 cm³/mol. The van der Waals surface area contributed by atoms with Gasteiger partial charge in [0.25, 0.3) is 0 Å². The number of hydrogen-bond donors (Lipinski definition) is 3. The van der Waals surface area contributed by atoms with Gasteiger partial charge in [-0.25, -0.2) is 17.9 Å². The summed E-state index contributed by atoms with van der Waals surface area (Å²) in [4.78, 5) is 32.6. The fourth-order valence-electron chi connectivity index (χ4n) is 2.97. The molecule has 0 aliphatic rings. The van der Waals surface area contributed by atoms with Crippen LogP contribution in [0.2, 0.25) is 0 Å². The Morgan fingerprint density at radius 2 is 1.48 bits per heavy atom. The van der Waals surface area contributed by atoms with Crippen molar-refractivity contribution in [3.8, 4) is 22.6 Å². The van der Waals surface area contributed by atoms with Crippen molar-refractivity contribution in [1.29, 1.82) is 0 Å². The average molecular weight is 469 g/mol. The quantitative estimate of drug-likeness (QED) is 0.384. The standard InChI is InChI=1S/C23H19NO8S/c25-14-18(13-22(26)27)24-33(30,31)21-4-2-1-3-20(21)32-19-11-9-16(10-12-19)15-5-7-17(8-6-15)23(28)29/h1-12,14,18,24H,13H2,(H,26,27)(H,28,29)/t18-/m0/s1. The van der Waals surface area contributed by atoms with Crippen LogP contribution in [0.5, 0.6) is 11.5 Å². The van der Waals surface area contributed by atoms with Crippen molar-refractivity contribution in [3.63, 3.8) is 0 Å². The lowest BCUT2D eigenvalue weighted by molar-refractivity contribution is -0.138. The zero-order valence-electron chi connectivity index (χ0n) is 17.0. The van der Waals surface area contributed by atoms with Crippen LogP contribution in [0.15, 0.2) is 77.7 Å². The van der Waals surface area contributed by atoms with Gasteiger partial charge in [0.1, 0.15) is 22.7 Å². The van der Waals surface area contributed by atoms with Gasteiger partial charge in [0.15, 0.2) is 0 Å². The highest BCUT2D eigenvalue weighted by Crippen LogP contribution is 2.30. The molecule has 3 rings (SSSR count). The Bertz CT molecular complexity index is 1270. The molecule has 3 aromatic carbocycles. The number of aliphatic carboxylic acids is 1. The molecule has 0 saturated heterocycles. The number of para-hydroxylation sites is 1. The second-order valence-corrected chi connectivity index (χ2v) is 8.60. The molecule has 0 aliphatic carbocycles. The van der Waals surface area contributed by atoms with Crippen LogP contribution >= 0.6 is 0 Å². The smallest absolute Gasteiger partial charge is 0.335 e. The molecular weight excluding hydrogens is 450 g/mol. The lowest BCUT2D eigenvalue weighted by Gasteiger charge is -2.15. The Morgan fingerprint density at radius 1 is 0.909 bits per heavy atom. The van der Waals surface area contributed by atoms with Crippen molar-refractivity contribution >= 4 is 28.2 Å². The normalized spacial score (nSPS) is 12.0. The van der Waals surface area contributed by atoms with Gasteiger partial charge >= 0.3 is 11.9 Å². The third-order valence-electron chi connectivity index (χ3n) is 4.55. The molecule has 0 spiro atoms. The SMILES string of the molecule is O=C[C@H](CC(=O)O)NS(=O)(=O)c1ccccc1Oc1ccc(-c2ccc(C(=O)O)cc2)cc1. The van der Waals surface area contributed by atoms with Gasteiger partial charge < -0.3 is 19.7 Å². The molecule has 0 heterocycles. The number of aldehydes is 1. The molecule has 0 fully saturated rings. The summed E-state index contributed by atoms with van der Waals surface area (Å²) < 4.78 is 33.2. The van der Waals surface area contributed by atoms with E-state index in [-0.39, 0.29) is 22.5 Å². The van der Waals surface area contributed by atoms with Crippen molar-refractivity contribution in [2.45, 2.75) is 17.4 Å². The van der Waals surface area contributed by atoms with Crippen LogP contribution < -0.4 is 9.46 Å². The summed E-state index contributed by atoms with van der Waals surface area (Å²) in [6, 6.07) is 17.4. The second kappa shape index (κ2) is 10.1. The Kier molecular flexibility index (Phi) is 7.21. The van der Waals surface area contributed by atoms with Crippen LogP contribution in [0, 0.1) is 0 Å². The number of carboxylic acids is 2. The number of carbonyl (C=O) groups excluding carboxylic acids is 1. The van der Waals surface area contributed by atoms with E-state index in [0.717, 1.165) is 11.1 Å². The lowest BCUT2D eigenvalue weighted by atomic mass is 10.0. The third kappa shape index (κ3) is 6.03. The summed E-state index contributed by atoms with van der Waals surface area (Å²) in [5.41, 5.74) is 1.76. The first-order chi connectivity index (χ1) is 15.7. The van der Waals surface area contributed by atoms with E-state index >= 15 is 0 Å². The number of benzene rings is 3. The highest BCUT2D eigenvalue weighted by molar-refractivity contribution is 7.89. The number of sulfonamides is 1. The number of carboxylic acid groups (broad SMARTS) is 2. The number of nitrogens with one attached hydrogen (secondary N) is 1. The first-order valence-electron chi connectivity index (χ1n) is 9.59. The Hall–Kier alpha value is -4.02. The molecule has 0 radical (unpaired) electrons. The van der Waals surface area contributed by atoms with Crippen LogP contribution in [-0.2, 0) is 19.6 Å². The van der Waals surface area contributed by atoms with Gasteiger partial charge in [-0.15, -0.1) is 0 Å². The molecule has 170 valence electrons. The summed E-state index contributed by atoms with van der Waals surface area (Å²) in [5, 5.41) is 17.8. The van der Waals surface area contributed by atoms with E-state index < -0.39 is 34.4 Å².